The van der Waals surface area contributed by atoms with Crippen LogP contribution in [0, 0.1) is 0 Å². The molecule has 0 aliphatic rings. The lowest BCUT2D eigenvalue weighted by Gasteiger charge is -2.04. The second-order valence-electron chi connectivity index (χ2n) is 4.62. The van der Waals surface area contributed by atoms with Crippen molar-refractivity contribution in [1.82, 2.24) is 9.55 Å². The lowest BCUT2D eigenvalue weighted by molar-refractivity contribution is 0.104. The van der Waals surface area contributed by atoms with Gasteiger partial charge in [0.05, 0.1) is 0 Å². The number of hydrogen-bond donors (Lipinski definition) is 0. The number of benzene rings is 1. The van der Waals surface area contributed by atoms with Crippen molar-refractivity contribution in [3.63, 3.8) is 0 Å². The molecule has 0 radical (unpaired) electrons. The standard InChI is InChI=1S/C18H14N2O/c21-18(7-6-15-8-10-19-11-9-15)16-4-3-5-17(14-16)20-12-1-2-13-20/h1-14H/b7-6+. The molecule has 3 heteroatoms. The van der Waals surface area contributed by atoms with E-state index in [1.807, 2.05) is 65.5 Å². The molecule has 0 aliphatic heterocycles. The highest BCUT2D eigenvalue weighted by Crippen LogP contribution is 2.12. The Labute approximate surface area is 123 Å². The van der Waals surface area contributed by atoms with Gasteiger partial charge in [0.15, 0.2) is 5.78 Å². The Hall–Kier alpha value is -2.94. The van der Waals surface area contributed by atoms with E-state index in [0.717, 1.165) is 11.3 Å². The van der Waals surface area contributed by atoms with Crippen LogP contribution >= 0.6 is 0 Å². The molecule has 0 bridgehead atoms. The SMILES string of the molecule is O=C(/C=C/c1ccncc1)c1cccc(-n2cccc2)c1. The Balaban J connectivity index is 1.82. The number of allylic oxidation sites excluding steroid dienone is 1. The van der Waals surface area contributed by atoms with E-state index in [1.54, 1.807) is 24.5 Å². The normalized spacial score (nSPS) is 10.9. The maximum Gasteiger partial charge on any atom is 0.185 e. The quantitative estimate of drug-likeness (QED) is 0.536. The van der Waals surface area contributed by atoms with Gasteiger partial charge in [0.1, 0.15) is 0 Å². The number of carbonyl (C=O) groups is 1. The molecule has 3 rings (SSSR count). The smallest absolute Gasteiger partial charge is 0.185 e. The number of carbonyl (C=O) groups excluding carboxylic acids is 1. The predicted molar refractivity (Wildman–Crippen MR) is 83.4 cm³/mol. The van der Waals surface area contributed by atoms with E-state index in [2.05, 4.69) is 4.98 Å². The second-order valence-corrected chi connectivity index (χ2v) is 4.62. The van der Waals surface area contributed by atoms with E-state index in [9.17, 15) is 4.79 Å². The molecular weight excluding hydrogens is 260 g/mol. The molecule has 0 amide bonds. The minimum absolute atomic E-state index is 0.0131. The number of aromatic nitrogens is 2. The monoisotopic (exact) mass is 274 g/mol. The average Bonchev–Trinajstić information content (AvgIpc) is 3.08. The number of ketones is 1. The summed E-state index contributed by atoms with van der Waals surface area (Å²) in [4.78, 5) is 16.2. The molecule has 0 unspecified atom stereocenters. The fraction of sp³-hybridized carbons (Fsp3) is 0. The molecule has 0 saturated carbocycles. The van der Waals surface area contributed by atoms with E-state index in [-0.39, 0.29) is 5.78 Å². The van der Waals surface area contributed by atoms with Crippen molar-refractivity contribution in [1.29, 1.82) is 0 Å². The summed E-state index contributed by atoms with van der Waals surface area (Å²) >= 11 is 0. The van der Waals surface area contributed by atoms with Gasteiger partial charge in [-0.05, 0) is 48.0 Å². The Bertz CT molecular complexity index is 759. The molecule has 1 aromatic carbocycles. The van der Waals surface area contributed by atoms with Gasteiger partial charge in [0.2, 0.25) is 0 Å². The first kappa shape index (κ1) is 13.1. The van der Waals surface area contributed by atoms with Gasteiger partial charge in [-0.3, -0.25) is 9.78 Å². The molecule has 0 atom stereocenters. The number of nitrogens with zero attached hydrogens (tertiary/aromatic N) is 2. The molecule has 0 spiro atoms. The van der Waals surface area contributed by atoms with E-state index in [4.69, 9.17) is 0 Å². The number of hydrogen-bond acceptors (Lipinski definition) is 2. The molecule has 2 heterocycles. The Morgan fingerprint density at radius 1 is 1.00 bits per heavy atom. The van der Waals surface area contributed by atoms with Gasteiger partial charge in [-0.15, -0.1) is 0 Å². The minimum Gasteiger partial charge on any atom is -0.324 e. The zero-order valence-corrected chi connectivity index (χ0v) is 11.4. The van der Waals surface area contributed by atoms with Crippen molar-refractivity contribution in [3.05, 3.63) is 90.5 Å². The minimum atomic E-state index is -0.0131. The summed E-state index contributed by atoms with van der Waals surface area (Å²) in [6.07, 6.45) is 10.7. The van der Waals surface area contributed by atoms with Gasteiger partial charge in [-0.1, -0.05) is 18.2 Å². The number of rotatable bonds is 4. The summed E-state index contributed by atoms with van der Waals surface area (Å²) in [7, 11) is 0. The molecule has 0 saturated heterocycles. The molecule has 0 N–H and O–H groups in total. The van der Waals surface area contributed by atoms with Crippen molar-refractivity contribution in [2.75, 3.05) is 0 Å². The van der Waals surface area contributed by atoms with Gasteiger partial charge >= 0.3 is 0 Å². The van der Waals surface area contributed by atoms with Gasteiger partial charge in [-0.2, -0.15) is 0 Å². The maximum absolute atomic E-state index is 12.2. The first-order valence-corrected chi connectivity index (χ1v) is 6.69. The third kappa shape index (κ3) is 3.15. The fourth-order valence-corrected chi connectivity index (χ4v) is 2.07. The maximum atomic E-state index is 12.2. The summed E-state index contributed by atoms with van der Waals surface area (Å²) in [6.45, 7) is 0. The summed E-state index contributed by atoms with van der Waals surface area (Å²) < 4.78 is 1.98. The van der Waals surface area contributed by atoms with Crippen LogP contribution in [-0.4, -0.2) is 15.3 Å². The van der Waals surface area contributed by atoms with Gasteiger partial charge in [-0.25, -0.2) is 0 Å². The van der Waals surface area contributed by atoms with E-state index in [0.29, 0.717) is 5.56 Å². The van der Waals surface area contributed by atoms with Crippen molar-refractivity contribution >= 4 is 11.9 Å². The number of pyridine rings is 1. The molecule has 2 aromatic heterocycles. The molecule has 102 valence electrons. The molecule has 3 aromatic rings. The van der Waals surface area contributed by atoms with Crippen LogP contribution in [0.5, 0.6) is 0 Å². The second kappa shape index (κ2) is 6.01. The van der Waals surface area contributed by atoms with E-state index in [1.165, 1.54) is 0 Å². The topological polar surface area (TPSA) is 34.9 Å². The zero-order chi connectivity index (χ0) is 14.5. The molecule has 0 aliphatic carbocycles. The first-order valence-electron chi connectivity index (χ1n) is 6.69. The molecular formula is C18H14N2O. The highest BCUT2D eigenvalue weighted by Gasteiger charge is 2.03. The van der Waals surface area contributed by atoms with Crippen LogP contribution in [0.4, 0.5) is 0 Å². The summed E-state index contributed by atoms with van der Waals surface area (Å²) in [6, 6.07) is 15.2. The molecule has 0 fully saturated rings. The van der Waals surface area contributed by atoms with Crippen molar-refractivity contribution in [2.45, 2.75) is 0 Å². The van der Waals surface area contributed by atoms with Crippen LogP contribution in [-0.2, 0) is 0 Å². The van der Waals surface area contributed by atoms with Crippen LogP contribution in [0.3, 0.4) is 0 Å². The highest BCUT2D eigenvalue weighted by molar-refractivity contribution is 6.07. The third-order valence-corrected chi connectivity index (χ3v) is 3.17. The molecule has 21 heavy (non-hydrogen) atoms. The highest BCUT2D eigenvalue weighted by atomic mass is 16.1. The Morgan fingerprint density at radius 3 is 2.52 bits per heavy atom. The predicted octanol–water partition coefficient (Wildman–Crippen LogP) is 3.77. The zero-order valence-electron chi connectivity index (χ0n) is 11.4. The third-order valence-electron chi connectivity index (χ3n) is 3.17. The van der Waals surface area contributed by atoms with Gasteiger partial charge in [0.25, 0.3) is 0 Å². The van der Waals surface area contributed by atoms with Crippen molar-refractivity contribution in [2.24, 2.45) is 0 Å². The first-order chi connectivity index (χ1) is 10.3. The largest absolute Gasteiger partial charge is 0.324 e. The fourth-order valence-electron chi connectivity index (χ4n) is 2.07. The lowest BCUT2D eigenvalue weighted by Crippen LogP contribution is -1.97. The van der Waals surface area contributed by atoms with Crippen molar-refractivity contribution < 1.29 is 4.79 Å². The van der Waals surface area contributed by atoms with Crippen molar-refractivity contribution in [3.8, 4) is 5.69 Å². The van der Waals surface area contributed by atoms with Crippen LogP contribution in [0.2, 0.25) is 0 Å². The summed E-state index contributed by atoms with van der Waals surface area (Å²) in [5.41, 5.74) is 2.61. The molecule has 3 nitrogen and oxygen atoms in total. The van der Waals surface area contributed by atoms with Crippen LogP contribution < -0.4 is 0 Å². The van der Waals surface area contributed by atoms with E-state index >= 15 is 0 Å². The summed E-state index contributed by atoms with van der Waals surface area (Å²) in [5.74, 6) is -0.0131. The Morgan fingerprint density at radius 2 is 1.76 bits per heavy atom. The average molecular weight is 274 g/mol. The van der Waals surface area contributed by atoms with E-state index < -0.39 is 0 Å². The lowest BCUT2D eigenvalue weighted by atomic mass is 10.1. The summed E-state index contributed by atoms with van der Waals surface area (Å²) in [5, 5.41) is 0. The van der Waals surface area contributed by atoms with Gasteiger partial charge in [0, 0.05) is 36.0 Å². The van der Waals surface area contributed by atoms with Gasteiger partial charge < -0.3 is 4.57 Å². The Kier molecular flexibility index (Phi) is 3.74. The van der Waals surface area contributed by atoms with Crippen LogP contribution in [0.15, 0.2) is 79.4 Å². The van der Waals surface area contributed by atoms with Crippen LogP contribution in [0.1, 0.15) is 15.9 Å². The van der Waals surface area contributed by atoms with Crippen LogP contribution in [0.25, 0.3) is 11.8 Å².